The summed E-state index contributed by atoms with van der Waals surface area (Å²) in [4.78, 5) is 13.8. The van der Waals surface area contributed by atoms with E-state index in [9.17, 15) is 4.79 Å². The minimum absolute atomic E-state index is 0.174. The van der Waals surface area contributed by atoms with E-state index in [-0.39, 0.29) is 11.8 Å². The molecule has 0 radical (unpaired) electrons. The molecule has 0 bridgehead atoms. The summed E-state index contributed by atoms with van der Waals surface area (Å²) in [6.07, 6.45) is 9.33. The highest BCUT2D eigenvalue weighted by Gasteiger charge is 2.20. The zero-order chi connectivity index (χ0) is 11.7. The minimum atomic E-state index is 0.174. The fourth-order valence-corrected chi connectivity index (χ4v) is 1.80. The Labute approximate surface area is 94.0 Å². The second-order valence-electron chi connectivity index (χ2n) is 3.83. The summed E-state index contributed by atoms with van der Waals surface area (Å²) in [5, 5.41) is 0. The van der Waals surface area contributed by atoms with Gasteiger partial charge in [0.15, 0.2) is 0 Å². The van der Waals surface area contributed by atoms with Crippen molar-refractivity contribution < 1.29 is 4.79 Å². The number of rotatable bonds is 7. The van der Waals surface area contributed by atoms with Gasteiger partial charge in [0, 0.05) is 12.5 Å². The van der Waals surface area contributed by atoms with Gasteiger partial charge in [0.25, 0.3) is 0 Å². The van der Waals surface area contributed by atoms with Crippen LogP contribution >= 0.6 is 0 Å². The van der Waals surface area contributed by atoms with Crippen LogP contribution in [0.3, 0.4) is 0 Å². The first-order chi connectivity index (χ1) is 7.21. The molecule has 0 aliphatic heterocycles. The molecular weight excluding hydrogens is 186 g/mol. The van der Waals surface area contributed by atoms with Crippen LogP contribution in [0.5, 0.6) is 0 Å². The van der Waals surface area contributed by atoms with Crippen molar-refractivity contribution in [1.82, 2.24) is 4.90 Å². The van der Waals surface area contributed by atoms with Crippen LogP contribution in [0.15, 0.2) is 0 Å². The van der Waals surface area contributed by atoms with Crippen LogP contribution < -0.4 is 0 Å². The lowest BCUT2D eigenvalue weighted by molar-refractivity contribution is -0.135. The summed E-state index contributed by atoms with van der Waals surface area (Å²) in [5.74, 6) is 2.95. The van der Waals surface area contributed by atoms with E-state index in [1.54, 1.807) is 4.90 Å². The van der Waals surface area contributed by atoms with E-state index in [2.05, 4.69) is 19.8 Å². The van der Waals surface area contributed by atoms with Gasteiger partial charge < -0.3 is 4.90 Å². The Hall–Kier alpha value is -0.970. The van der Waals surface area contributed by atoms with Crippen LogP contribution in [-0.2, 0) is 4.79 Å². The summed E-state index contributed by atoms with van der Waals surface area (Å²) in [5.41, 5.74) is 0. The van der Waals surface area contributed by atoms with Crippen molar-refractivity contribution >= 4 is 5.91 Å². The number of amides is 1. The zero-order valence-electron chi connectivity index (χ0n) is 10.3. The Morgan fingerprint density at radius 1 is 1.27 bits per heavy atom. The Morgan fingerprint density at radius 2 is 1.80 bits per heavy atom. The molecule has 0 aromatic carbocycles. The third kappa shape index (κ3) is 4.88. The lowest BCUT2D eigenvalue weighted by Gasteiger charge is -2.24. The maximum absolute atomic E-state index is 12.1. The van der Waals surface area contributed by atoms with E-state index >= 15 is 0 Å². The van der Waals surface area contributed by atoms with Gasteiger partial charge in [-0.25, -0.2) is 0 Å². The van der Waals surface area contributed by atoms with Crippen molar-refractivity contribution in [3.05, 3.63) is 0 Å². The Morgan fingerprint density at radius 3 is 2.13 bits per heavy atom. The maximum atomic E-state index is 12.1. The van der Waals surface area contributed by atoms with Crippen LogP contribution in [0.25, 0.3) is 0 Å². The predicted octanol–water partition coefficient (Wildman–Crippen LogP) is 2.68. The molecule has 0 N–H and O–H groups in total. The lowest BCUT2D eigenvalue weighted by atomic mass is 9.96. The van der Waals surface area contributed by atoms with Crippen LogP contribution in [0, 0.1) is 18.3 Å². The van der Waals surface area contributed by atoms with E-state index in [0.29, 0.717) is 13.1 Å². The van der Waals surface area contributed by atoms with Crippen molar-refractivity contribution in [1.29, 1.82) is 0 Å². The average Bonchev–Trinajstić information content (AvgIpc) is 2.24. The SMILES string of the molecule is C#CCN(CC)C(=O)C(CCC)CCC. The number of nitrogens with zero attached hydrogens (tertiary/aromatic N) is 1. The predicted molar refractivity (Wildman–Crippen MR) is 64.4 cm³/mol. The molecule has 0 spiro atoms. The van der Waals surface area contributed by atoms with Crippen LogP contribution in [0.1, 0.15) is 46.5 Å². The van der Waals surface area contributed by atoms with E-state index in [0.717, 1.165) is 25.7 Å². The number of terminal acetylenes is 1. The Kier molecular flexibility index (Phi) is 7.81. The molecule has 0 aromatic heterocycles. The van der Waals surface area contributed by atoms with Gasteiger partial charge in [0.2, 0.25) is 5.91 Å². The van der Waals surface area contributed by atoms with Crippen molar-refractivity contribution in [2.75, 3.05) is 13.1 Å². The van der Waals surface area contributed by atoms with E-state index < -0.39 is 0 Å². The fraction of sp³-hybridized carbons (Fsp3) is 0.769. The normalized spacial score (nSPS) is 10.1. The smallest absolute Gasteiger partial charge is 0.226 e. The molecule has 86 valence electrons. The molecule has 0 aliphatic rings. The second-order valence-corrected chi connectivity index (χ2v) is 3.83. The number of carbonyl (C=O) groups is 1. The van der Waals surface area contributed by atoms with Gasteiger partial charge in [0.05, 0.1) is 6.54 Å². The zero-order valence-corrected chi connectivity index (χ0v) is 10.3. The molecule has 0 atom stereocenters. The number of hydrogen-bond donors (Lipinski definition) is 0. The van der Waals surface area contributed by atoms with E-state index in [1.165, 1.54) is 0 Å². The van der Waals surface area contributed by atoms with Crippen LogP contribution in [0.2, 0.25) is 0 Å². The maximum Gasteiger partial charge on any atom is 0.226 e. The van der Waals surface area contributed by atoms with Gasteiger partial charge in [-0.3, -0.25) is 4.79 Å². The van der Waals surface area contributed by atoms with Gasteiger partial charge in [-0.2, -0.15) is 0 Å². The molecule has 0 unspecified atom stereocenters. The number of carbonyl (C=O) groups excluding carboxylic acids is 1. The van der Waals surface area contributed by atoms with Gasteiger partial charge in [-0.05, 0) is 19.8 Å². The third-order valence-corrected chi connectivity index (χ3v) is 2.60. The van der Waals surface area contributed by atoms with Gasteiger partial charge in [0.1, 0.15) is 0 Å². The monoisotopic (exact) mass is 209 g/mol. The molecule has 0 aromatic rings. The van der Waals surface area contributed by atoms with Crippen molar-refractivity contribution in [2.45, 2.75) is 46.5 Å². The van der Waals surface area contributed by atoms with Gasteiger partial charge in [-0.15, -0.1) is 6.42 Å². The summed E-state index contributed by atoms with van der Waals surface area (Å²) in [6, 6.07) is 0. The van der Waals surface area contributed by atoms with Crippen LogP contribution in [-0.4, -0.2) is 23.9 Å². The molecule has 0 rings (SSSR count). The minimum Gasteiger partial charge on any atom is -0.332 e. The Bertz CT molecular complexity index is 211. The molecule has 0 saturated carbocycles. The molecule has 0 fully saturated rings. The highest BCUT2D eigenvalue weighted by Crippen LogP contribution is 2.16. The van der Waals surface area contributed by atoms with Crippen molar-refractivity contribution in [3.63, 3.8) is 0 Å². The third-order valence-electron chi connectivity index (χ3n) is 2.60. The first-order valence-corrected chi connectivity index (χ1v) is 5.93. The molecule has 0 aliphatic carbocycles. The standard InChI is InChI=1S/C13H23NO/c1-5-9-12(10-6-2)13(15)14(8-4)11-7-3/h3,12H,5-6,8-11H2,1-2,4H3. The summed E-state index contributed by atoms with van der Waals surface area (Å²) >= 11 is 0. The van der Waals surface area contributed by atoms with E-state index in [1.807, 2.05) is 6.92 Å². The second kappa shape index (κ2) is 8.35. The topological polar surface area (TPSA) is 20.3 Å². The lowest BCUT2D eigenvalue weighted by Crippen LogP contribution is -2.36. The molecule has 2 nitrogen and oxygen atoms in total. The molecule has 1 amide bonds. The summed E-state index contributed by atoms with van der Waals surface area (Å²) < 4.78 is 0. The molecule has 0 saturated heterocycles. The van der Waals surface area contributed by atoms with Gasteiger partial charge in [-0.1, -0.05) is 32.6 Å². The molecule has 15 heavy (non-hydrogen) atoms. The Balaban J connectivity index is 4.38. The highest BCUT2D eigenvalue weighted by atomic mass is 16.2. The molecular formula is C13H23NO. The first kappa shape index (κ1) is 14.0. The van der Waals surface area contributed by atoms with E-state index in [4.69, 9.17) is 6.42 Å². The highest BCUT2D eigenvalue weighted by molar-refractivity contribution is 5.79. The summed E-state index contributed by atoms with van der Waals surface area (Å²) in [7, 11) is 0. The van der Waals surface area contributed by atoms with Gasteiger partial charge >= 0.3 is 0 Å². The largest absolute Gasteiger partial charge is 0.332 e. The average molecular weight is 209 g/mol. The quantitative estimate of drug-likeness (QED) is 0.590. The van der Waals surface area contributed by atoms with Crippen molar-refractivity contribution in [2.24, 2.45) is 5.92 Å². The molecule has 2 heteroatoms. The summed E-state index contributed by atoms with van der Waals surface area (Å²) in [6.45, 7) is 7.37. The van der Waals surface area contributed by atoms with Crippen molar-refractivity contribution in [3.8, 4) is 12.3 Å². The first-order valence-electron chi connectivity index (χ1n) is 5.93. The number of hydrogen-bond acceptors (Lipinski definition) is 1. The van der Waals surface area contributed by atoms with Crippen LogP contribution in [0.4, 0.5) is 0 Å². The fourth-order valence-electron chi connectivity index (χ4n) is 1.80. The molecule has 0 heterocycles.